The lowest BCUT2D eigenvalue weighted by molar-refractivity contribution is -0.136. The van der Waals surface area contributed by atoms with Crippen LogP contribution in [0.3, 0.4) is 0 Å². The Hall–Kier alpha value is -1.67. The smallest absolute Gasteiger partial charge is 0.375 e. The van der Waals surface area contributed by atoms with Gasteiger partial charge in [0.2, 0.25) is 0 Å². The highest BCUT2D eigenvalue weighted by Gasteiger charge is 2.33. The number of nitrogens with one attached hydrogen (secondary N) is 1. The third kappa shape index (κ3) is 3.02. The molecule has 0 spiro atoms. The summed E-state index contributed by atoms with van der Waals surface area (Å²) >= 11 is 0.983. The molecule has 102 valence electrons. The number of amides is 1. The van der Waals surface area contributed by atoms with E-state index < -0.39 is 17.6 Å². The Bertz CT molecular complexity index is 609. The summed E-state index contributed by atoms with van der Waals surface area (Å²) in [5, 5.41) is 2.51. The van der Waals surface area contributed by atoms with Gasteiger partial charge in [-0.3, -0.25) is 10.1 Å². The molecule has 0 aliphatic rings. The van der Waals surface area contributed by atoms with Crippen molar-refractivity contribution in [1.82, 2.24) is 4.98 Å². The highest BCUT2D eigenvalue weighted by molar-refractivity contribution is 7.22. The number of halogens is 3. The lowest BCUT2D eigenvalue weighted by Gasteiger charge is -2.06. The van der Waals surface area contributed by atoms with Gasteiger partial charge in [0.15, 0.2) is 5.13 Å². The molecular weight excluding hydrogens is 281 g/mol. The van der Waals surface area contributed by atoms with Crippen molar-refractivity contribution in [2.45, 2.75) is 6.18 Å². The standard InChI is InChI=1S/C11H9F3N2O2S/c1-18-5-8(17)15-10-16-9-6(11(12,13)14)3-2-4-7(9)19-10/h2-4H,5H2,1H3,(H,15,16,17). The van der Waals surface area contributed by atoms with Gasteiger partial charge in [-0.25, -0.2) is 4.98 Å². The number of benzene rings is 1. The Kier molecular flexibility index (Phi) is 3.72. The van der Waals surface area contributed by atoms with Crippen molar-refractivity contribution in [2.75, 3.05) is 19.0 Å². The maximum absolute atomic E-state index is 12.8. The summed E-state index contributed by atoms with van der Waals surface area (Å²) in [6.07, 6.45) is -4.47. The van der Waals surface area contributed by atoms with Crippen LogP contribution in [0, 0.1) is 0 Å². The van der Waals surface area contributed by atoms with E-state index in [2.05, 4.69) is 15.0 Å². The van der Waals surface area contributed by atoms with Gasteiger partial charge < -0.3 is 4.74 Å². The number of thiazole rings is 1. The molecule has 1 aromatic heterocycles. The van der Waals surface area contributed by atoms with Crippen LogP contribution in [0.5, 0.6) is 0 Å². The number of methoxy groups -OCH3 is 1. The minimum Gasteiger partial charge on any atom is -0.375 e. The molecule has 0 unspecified atom stereocenters. The molecule has 8 heteroatoms. The predicted octanol–water partition coefficient (Wildman–Crippen LogP) is 2.90. The fourth-order valence-corrected chi connectivity index (χ4v) is 2.43. The quantitative estimate of drug-likeness (QED) is 0.945. The van der Waals surface area contributed by atoms with Gasteiger partial charge in [0.25, 0.3) is 5.91 Å². The molecule has 1 aromatic carbocycles. The van der Waals surface area contributed by atoms with Crippen molar-refractivity contribution in [3.05, 3.63) is 23.8 Å². The summed E-state index contributed by atoms with van der Waals surface area (Å²) in [7, 11) is 1.35. The summed E-state index contributed by atoms with van der Waals surface area (Å²) in [4.78, 5) is 15.1. The van der Waals surface area contributed by atoms with Crippen molar-refractivity contribution >= 4 is 32.6 Å². The van der Waals surface area contributed by atoms with Gasteiger partial charge in [-0.1, -0.05) is 17.4 Å². The Morgan fingerprint density at radius 3 is 2.84 bits per heavy atom. The molecule has 4 nitrogen and oxygen atoms in total. The summed E-state index contributed by atoms with van der Waals surface area (Å²) in [6.45, 7) is -0.179. The highest BCUT2D eigenvalue weighted by atomic mass is 32.1. The lowest BCUT2D eigenvalue weighted by Crippen LogP contribution is -2.16. The van der Waals surface area contributed by atoms with E-state index in [4.69, 9.17) is 0 Å². The molecule has 0 aliphatic carbocycles. The molecule has 0 bridgehead atoms. The third-order valence-electron chi connectivity index (χ3n) is 2.25. The Labute approximate surface area is 110 Å². The molecule has 19 heavy (non-hydrogen) atoms. The molecule has 0 saturated carbocycles. The van der Waals surface area contributed by atoms with Gasteiger partial charge in [0, 0.05) is 7.11 Å². The molecule has 1 N–H and O–H groups in total. The van der Waals surface area contributed by atoms with E-state index in [-0.39, 0.29) is 17.3 Å². The largest absolute Gasteiger partial charge is 0.418 e. The summed E-state index contributed by atoms with van der Waals surface area (Å²) in [6, 6.07) is 3.79. The molecule has 0 aliphatic heterocycles. The SMILES string of the molecule is COCC(=O)Nc1nc2c(C(F)(F)F)cccc2s1. The van der Waals surface area contributed by atoms with E-state index in [1.165, 1.54) is 19.2 Å². The van der Waals surface area contributed by atoms with Crippen molar-refractivity contribution in [2.24, 2.45) is 0 Å². The number of hydrogen-bond acceptors (Lipinski definition) is 4. The number of ether oxygens (including phenoxy) is 1. The van der Waals surface area contributed by atoms with Crippen LogP contribution in [0.1, 0.15) is 5.56 Å². The van der Waals surface area contributed by atoms with Crippen molar-refractivity contribution in [1.29, 1.82) is 0 Å². The van der Waals surface area contributed by atoms with Gasteiger partial charge in [0.05, 0.1) is 15.8 Å². The second kappa shape index (κ2) is 5.14. The van der Waals surface area contributed by atoms with E-state index in [1.807, 2.05) is 0 Å². The zero-order valence-corrected chi connectivity index (χ0v) is 10.6. The minimum atomic E-state index is -4.47. The molecule has 0 saturated heterocycles. The Morgan fingerprint density at radius 1 is 1.47 bits per heavy atom. The number of aromatic nitrogens is 1. The van der Waals surface area contributed by atoms with Crippen LogP contribution in [0.2, 0.25) is 0 Å². The molecular formula is C11H9F3N2O2S. The first-order chi connectivity index (χ1) is 8.91. The number of carbonyl (C=O) groups is 1. The van der Waals surface area contributed by atoms with Crippen LogP contribution < -0.4 is 5.32 Å². The van der Waals surface area contributed by atoms with Gasteiger partial charge in [0.1, 0.15) is 6.61 Å². The maximum atomic E-state index is 12.8. The highest BCUT2D eigenvalue weighted by Crippen LogP contribution is 2.37. The van der Waals surface area contributed by atoms with Crippen molar-refractivity contribution in [3.63, 3.8) is 0 Å². The summed E-state index contributed by atoms with van der Waals surface area (Å²) in [5.74, 6) is -0.463. The zero-order valence-electron chi connectivity index (χ0n) is 9.75. The fraction of sp³-hybridized carbons (Fsp3) is 0.273. The molecule has 2 aromatic rings. The molecule has 0 radical (unpaired) electrons. The number of fused-ring (bicyclic) bond motifs is 1. The Morgan fingerprint density at radius 2 is 2.21 bits per heavy atom. The second-order valence-electron chi connectivity index (χ2n) is 3.65. The number of rotatable bonds is 3. The first kappa shape index (κ1) is 13.8. The van der Waals surface area contributed by atoms with E-state index in [0.717, 1.165) is 17.4 Å². The van der Waals surface area contributed by atoms with E-state index in [0.29, 0.717) is 4.70 Å². The van der Waals surface area contributed by atoms with Gasteiger partial charge in [-0.2, -0.15) is 13.2 Å². The van der Waals surface area contributed by atoms with Crippen LogP contribution in [0.4, 0.5) is 18.3 Å². The number of anilines is 1. The van der Waals surface area contributed by atoms with Crippen LogP contribution >= 0.6 is 11.3 Å². The number of carbonyl (C=O) groups excluding carboxylic acids is 1. The van der Waals surface area contributed by atoms with Gasteiger partial charge in [-0.15, -0.1) is 0 Å². The third-order valence-corrected chi connectivity index (χ3v) is 3.18. The van der Waals surface area contributed by atoms with Gasteiger partial charge in [-0.05, 0) is 12.1 Å². The second-order valence-corrected chi connectivity index (χ2v) is 4.68. The first-order valence-electron chi connectivity index (χ1n) is 5.17. The normalized spacial score (nSPS) is 11.8. The van der Waals surface area contributed by atoms with E-state index >= 15 is 0 Å². The number of nitrogens with zero attached hydrogens (tertiary/aromatic N) is 1. The summed E-state index contributed by atoms with van der Waals surface area (Å²) in [5.41, 5.74) is -0.971. The van der Waals surface area contributed by atoms with E-state index in [1.54, 1.807) is 0 Å². The number of alkyl halides is 3. The van der Waals surface area contributed by atoms with Crippen LogP contribution in [0.15, 0.2) is 18.2 Å². The fourth-order valence-electron chi connectivity index (χ4n) is 1.52. The van der Waals surface area contributed by atoms with Crippen LogP contribution in [0.25, 0.3) is 10.2 Å². The predicted molar refractivity (Wildman–Crippen MR) is 65.1 cm³/mol. The monoisotopic (exact) mass is 290 g/mol. The van der Waals surface area contributed by atoms with Gasteiger partial charge >= 0.3 is 6.18 Å². The Balaban J connectivity index is 2.38. The van der Waals surface area contributed by atoms with E-state index in [9.17, 15) is 18.0 Å². The van der Waals surface area contributed by atoms with Crippen LogP contribution in [-0.2, 0) is 15.7 Å². The van der Waals surface area contributed by atoms with Crippen molar-refractivity contribution < 1.29 is 22.7 Å². The average Bonchev–Trinajstić information content (AvgIpc) is 2.69. The maximum Gasteiger partial charge on any atom is 0.418 e. The molecule has 2 rings (SSSR count). The zero-order chi connectivity index (χ0) is 14.0. The number of hydrogen-bond donors (Lipinski definition) is 1. The lowest BCUT2D eigenvalue weighted by atomic mass is 10.2. The summed E-state index contributed by atoms with van der Waals surface area (Å²) < 4.78 is 43.3. The number of para-hydroxylation sites is 1. The average molecular weight is 290 g/mol. The minimum absolute atomic E-state index is 0.119. The van der Waals surface area contributed by atoms with Crippen LogP contribution in [-0.4, -0.2) is 24.6 Å². The molecule has 1 amide bonds. The first-order valence-corrected chi connectivity index (χ1v) is 5.99. The molecule has 1 heterocycles. The molecule has 0 fully saturated rings. The molecule has 0 atom stereocenters. The van der Waals surface area contributed by atoms with Crippen molar-refractivity contribution in [3.8, 4) is 0 Å². The topological polar surface area (TPSA) is 51.2 Å².